The maximum atomic E-state index is 12.1. The van der Waals surface area contributed by atoms with Gasteiger partial charge in [0.05, 0.1) is 17.3 Å². The van der Waals surface area contributed by atoms with E-state index in [4.69, 9.17) is 0 Å². The van der Waals surface area contributed by atoms with E-state index >= 15 is 0 Å². The monoisotopic (exact) mass is 313 g/mol. The summed E-state index contributed by atoms with van der Waals surface area (Å²) in [5, 5.41) is 0. The van der Waals surface area contributed by atoms with Crippen molar-refractivity contribution in [2.75, 3.05) is 24.3 Å². The Labute approximate surface area is 124 Å². The molecule has 1 heterocycles. The van der Waals surface area contributed by atoms with Gasteiger partial charge in [-0.25, -0.2) is 8.42 Å². The van der Waals surface area contributed by atoms with Crippen LogP contribution in [0, 0.1) is 6.92 Å². The van der Waals surface area contributed by atoms with E-state index in [-0.39, 0.29) is 23.5 Å². The number of aryl methyl sites for hydroxylation is 1. The number of carbonyl (C=O) groups excluding carboxylic acids is 1. The Kier molecular flexibility index (Phi) is 4.75. The molecule has 1 aromatic rings. The van der Waals surface area contributed by atoms with Gasteiger partial charge in [-0.05, 0) is 25.5 Å². The Morgan fingerprint density at radius 2 is 2.20 bits per heavy atom. The van der Waals surface area contributed by atoms with E-state index in [0.29, 0.717) is 12.2 Å². The van der Waals surface area contributed by atoms with Gasteiger partial charge in [0.1, 0.15) is 0 Å². The maximum absolute atomic E-state index is 12.1. The molecule has 4 nitrogen and oxygen atoms in total. The average Bonchev–Trinajstić information content (AvgIpc) is 2.75. The second-order valence-electron chi connectivity index (χ2n) is 5.17. The quantitative estimate of drug-likeness (QED) is 0.795. The van der Waals surface area contributed by atoms with Gasteiger partial charge in [0.2, 0.25) is 5.91 Å². The van der Waals surface area contributed by atoms with Crippen molar-refractivity contribution in [2.24, 2.45) is 0 Å². The fraction of sp³-hybridized carbons (Fsp3) is 0.500. The first kappa shape index (κ1) is 15.4. The summed E-state index contributed by atoms with van der Waals surface area (Å²) in [5.74, 6) is 0.625. The Hall–Kier alpha value is -1.01. The number of rotatable bonds is 4. The highest BCUT2D eigenvalue weighted by atomic mass is 32.2. The normalized spacial score (nSPS) is 20.8. The molecule has 0 spiro atoms. The van der Waals surface area contributed by atoms with Crippen LogP contribution in [0.3, 0.4) is 0 Å². The molecule has 6 heteroatoms. The van der Waals surface area contributed by atoms with Crippen LogP contribution in [0.1, 0.15) is 12.0 Å². The van der Waals surface area contributed by atoms with Crippen LogP contribution < -0.4 is 0 Å². The summed E-state index contributed by atoms with van der Waals surface area (Å²) < 4.78 is 22.9. The van der Waals surface area contributed by atoms with Gasteiger partial charge < -0.3 is 4.90 Å². The van der Waals surface area contributed by atoms with Crippen LogP contribution in [-0.4, -0.2) is 49.6 Å². The SMILES string of the molecule is Cc1cccc(SCC(=O)N(C)[C@H]2CCS(=O)(=O)C2)c1. The third-order valence-corrected chi connectivity index (χ3v) is 6.23. The van der Waals surface area contributed by atoms with E-state index in [2.05, 4.69) is 0 Å². The van der Waals surface area contributed by atoms with Gasteiger partial charge in [-0.3, -0.25) is 4.79 Å². The molecular formula is C14H19NO3S2. The Bertz CT molecular complexity index is 598. The fourth-order valence-electron chi connectivity index (χ4n) is 2.24. The molecule has 1 aliphatic heterocycles. The number of hydrogen-bond donors (Lipinski definition) is 0. The number of carbonyl (C=O) groups is 1. The molecule has 2 rings (SSSR count). The van der Waals surface area contributed by atoms with Gasteiger partial charge in [-0.1, -0.05) is 17.7 Å². The number of amides is 1. The number of benzene rings is 1. The van der Waals surface area contributed by atoms with Crippen LogP contribution >= 0.6 is 11.8 Å². The molecule has 1 fully saturated rings. The molecule has 0 saturated carbocycles. The van der Waals surface area contributed by atoms with Crippen molar-refractivity contribution in [1.82, 2.24) is 4.90 Å². The van der Waals surface area contributed by atoms with Crippen molar-refractivity contribution < 1.29 is 13.2 Å². The Balaban J connectivity index is 1.89. The summed E-state index contributed by atoms with van der Waals surface area (Å²) in [5.41, 5.74) is 1.16. The summed E-state index contributed by atoms with van der Waals surface area (Å²) >= 11 is 1.49. The van der Waals surface area contributed by atoms with E-state index in [1.165, 1.54) is 11.8 Å². The summed E-state index contributed by atoms with van der Waals surface area (Å²) in [6, 6.07) is 7.84. The minimum absolute atomic E-state index is 0.0152. The van der Waals surface area contributed by atoms with E-state index in [0.717, 1.165) is 10.5 Å². The highest BCUT2D eigenvalue weighted by Crippen LogP contribution is 2.21. The standard InChI is InChI=1S/C14H19NO3S2/c1-11-4-3-5-13(8-11)19-9-14(16)15(2)12-6-7-20(17,18)10-12/h3-5,8,12H,6-7,9-10H2,1-2H3/t12-/m0/s1. The number of hydrogen-bond acceptors (Lipinski definition) is 4. The molecule has 0 bridgehead atoms. The van der Waals surface area contributed by atoms with Gasteiger partial charge in [0.15, 0.2) is 9.84 Å². The summed E-state index contributed by atoms with van der Waals surface area (Å²) in [6.07, 6.45) is 0.555. The van der Waals surface area contributed by atoms with Crippen molar-refractivity contribution >= 4 is 27.5 Å². The number of sulfone groups is 1. The molecule has 0 aromatic heterocycles. The minimum Gasteiger partial charge on any atom is -0.341 e. The van der Waals surface area contributed by atoms with Crippen LogP contribution in [-0.2, 0) is 14.6 Å². The number of thioether (sulfide) groups is 1. The second kappa shape index (κ2) is 6.18. The Morgan fingerprint density at radius 3 is 2.80 bits per heavy atom. The lowest BCUT2D eigenvalue weighted by molar-refractivity contribution is -0.128. The molecule has 20 heavy (non-hydrogen) atoms. The lowest BCUT2D eigenvalue weighted by Crippen LogP contribution is -2.38. The molecule has 1 saturated heterocycles. The molecule has 1 atom stereocenters. The van der Waals surface area contributed by atoms with E-state index in [1.807, 2.05) is 31.2 Å². The smallest absolute Gasteiger partial charge is 0.232 e. The van der Waals surface area contributed by atoms with Crippen molar-refractivity contribution in [2.45, 2.75) is 24.3 Å². The lowest BCUT2D eigenvalue weighted by Gasteiger charge is -2.23. The molecule has 1 aromatic carbocycles. The van der Waals surface area contributed by atoms with Crippen molar-refractivity contribution in [1.29, 1.82) is 0 Å². The highest BCUT2D eigenvalue weighted by molar-refractivity contribution is 8.00. The second-order valence-corrected chi connectivity index (χ2v) is 8.44. The van der Waals surface area contributed by atoms with Crippen molar-refractivity contribution in [3.8, 4) is 0 Å². The van der Waals surface area contributed by atoms with Crippen molar-refractivity contribution in [3.63, 3.8) is 0 Å². The Morgan fingerprint density at radius 1 is 1.45 bits per heavy atom. The largest absolute Gasteiger partial charge is 0.341 e. The van der Waals surface area contributed by atoms with Gasteiger partial charge in [-0.2, -0.15) is 0 Å². The first-order chi connectivity index (χ1) is 9.37. The molecule has 110 valence electrons. The average molecular weight is 313 g/mol. The van der Waals surface area contributed by atoms with Gasteiger partial charge >= 0.3 is 0 Å². The predicted molar refractivity (Wildman–Crippen MR) is 81.7 cm³/mol. The lowest BCUT2D eigenvalue weighted by atomic mass is 10.2. The van der Waals surface area contributed by atoms with Crippen LogP contribution in [0.25, 0.3) is 0 Å². The van der Waals surface area contributed by atoms with Crippen LogP contribution in [0.5, 0.6) is 0 Å². The minimum atomic E-state index is -2.95. The third kappa shape index (κ3) is 3.99. The van der Waals surface area contributed by atoms with E-state index < -0.39 is 9.84 Å². The zero-order chi connectivity index (χ0) is 14.8. The maximum Gasteiger partial charge on any atom is 0.232 e. The highest BCUT2D eigenvalue weighted by Gasteiger charge is 2.32. The molecule has 0 aliphatic carbocycles. The number of nitrogens with zero attached hydrogens (tertiary/aromatic N) is 1. The summed E-state index contributed by atoms with van der Waals surface area (Å²) in [7, 11) is -1.25. The van der Waals surface area contributed by atoms with Gasteiger partial charge in [0.25, 0.3) is 0 Å². The molecule has 0 unspecified atom stereocenters. The van der Waals surface area contributed by atoms with E-state index in [1.54, 1.807) is 11.9 Å². The summed E-state index contributed by atoms with van der Waals surface area (Å²) in [6.45, 7) is 2.02. The van der Waals surface area contributed by atoms with E-state index in [9.17, 15) is 13.2 Å². The van der Waals surface area contributed by atoms with Gasteiger partial charge in [0, 0.05) is 18.0 Å². The molecule has 0 radical (unpaired) electrons. The molecular weight excluding hydrogens is 294 g/mol. The molecule has 1 aliphatic rings. The predicted octanol–water partition coefficient (Wildman–Crippen LogP) is 1.73. The third-order valence-electron chi connectivity index (χ3n) is 3.50. The van der Waals surface area contributed by atoms with Crippen LogP contribution in [0.2, 0.25) is 0 Å². The topological polar surface area (TPSA) is 54.5 Å². The van der Waals surface area contributed by atoms with Crippen LogP contribution in [0.4, 0.5) is 0 Å². The first-order valence-corrected chi connectivity index (χ1v) is 9.34. The van der Waals surface area contributed by atoms with Crippen LogP contribution in [0.15, 0.2) is 29.2 Å². The molecule has 1 amide bonds. The fourth-order valence-corrected chi connectivity index (χ4v) is 4.95. The summed E-state index contributed by atoms with van der Waals surface area (Å²) in [4.78, 5) is 14.8. The first-order valence-electron chi connectivity index (χ1n) is 6.53. The zero-order valence-corrected chi connectivity index (χ0v) is 13.3. The molecule has 0 N–H and O–H groups in total. The zero-order valence-electron chi connectivity index (χ0n) is 11.7. The van der Waals surface area contributed by atoms with Gasteiger partial charge in [-0.15, -0.1) is 11.8 Å². The van der Waals surface area contributed by atoms with Crippen molar-refractivity contribution in [3.05, 3.63) is 29.8 Å².